The van der Waals surface area contributed by atoms with E-state index in [1.54, 1.807) is 0 Å². The molecule has 0 radical (unpaired) electrons. The molecule has 9 heteroatoms. The lowest BCUT2D eigenvalue weighted by atomic mass is 10.1. The van der Waals surface area contributed by atoms with Gasteiger partial charge in [-0.15, -0.1) is 23.2 Å². The monoisotopic (exact) mass is 417 g/mol. The van der Waals surface area contributed by atoms with Crippen molar-refractivity contribution in [1.29, 1.82) is 0 Å². The molecule has 0 heterocycles. The number of hydrogen-bond donors (Lipinski definition) is 3. The number of alkyl halides is 2. The van der Waals surface area contributed by atoms with Gasteiger partial charge < -0.3 is 16.4 Å². The zero-order chi connectivity index (χ0) is 19.5. The molecule has 138 valence electrons. The van der Waals surface area contributed by atoms with Crippen LogP contribution in [0.5, 0.6) is 0 Å². The number of rotatable bonds is 5. The fourth-order valence-electron chi connectivity index (χ4n) is 2.09. The number of hydrogen-bond acceptors (Lipinski definition) is 3. The maximum atomic E-state index is 13.8. The second kappa shape index (κ2) is 8.12. The summed E-state index contributed by atoms with van der Waals surface area (Å²) < 4.78 is 12.6. The third-order valence-corrected chi connectivity index (χ3v) is 3.80. The molecule has 0 unspecified atom stereocenters. The first-order chi connectivity index (χ1) is 12.0. The van der Waals surface area contributed by atoms with Crippen molar-refractivity contribution in [2.75, 3.05) is 16.4 Å². The number of amides is 2. The first-order valence-corrected chi connectivity index (χ1v) is 8.52. The van der Waals surface area contributed by atoms with Crippen LogP contribution >= 0.6 is 34.8 Å². The Hall–Kier alpha value is -2.02. The van der Waals surface area contributed by atoms with E-state index in [-0.39, 0.29) is 28.4 Å². The fraction of sp³-hybridized carbons (Fsp3) is 0.176. The topological polar surface area (TPSA) is 84.2 Å². The third-order valence-electron chi connectivity index (χ3n) is 3.21. The van der Waals surface area contributed by atoms with Gasteiger partial charge in [0.15, 0.2) is 0 Å². The van der Waals surface area contributed by atoms with Crippen LogP contribution in [0.25, 0.3) is 0 Å². The minimum Gasteiger partial charge on any atom is -0.399 e. The zero-order valence-electron chi connectivity index (χ0n) is 13.6. The Labute approximate surface area is 164 Å². The molecule has 0 aliphatic carbocycles. The molecular formula is C17H15Cl3FN3O2. The summed E-state index contributed by atoms with van der Waals surface area (Å²) in [5, 5.41) is 5.11. The van der Waals surface area contributed by atoms with Crippen LogP contribution in [-0.4, -0.2) is 16.1 Å². The molecule has 2 rings (SSSR count). The lowest BCUT2D eigenvalue weighted by molar-refractivity contribution is -0.116. The van der Waals surface area contributed by atoms with Gasteiger partial charge in [0.2, 0.25) is 5.91 Å². The van der Waals surface area contributed by atoms with Gasteiger partial charge in [-0.25, -0.2) is 4.39 Å². The molecule has 26 heavy (non-hydrogen) atoms. The van der Waals surface area contributed by atoms with E-state index >= 15 is 0 Å². The summed E-state index contributed by atoms with van der Waals surface area (Å²) in [6.45, 7) is 1.48. The Balaban J connectivity index is 2.18. The maximum Gasteiger partial charge on any atom is 0.257 e. The fourth-order valence-corrected chi connectivity index (χ4v) is 2.53. The summed E-state index contributed by atoms with van der Waals surface area (Å²) in [6.07, 6.45) is -0.142. The van der Waals surface area contributed by atoms with Gasteiger partial charge in [-0.2, -0.15) is 0 Å². The Kier molecular flexibility index (Phi) is 6.34. The van der Waals surface area contributed by atoms with Crippen LogP contribution in [-0.2, 0) is 4.79 Å². The highest BCUT2D eigenvalue weighted by atomic mass is 35.5. The van der Waals surface area contributed by atoms with Crippen LogP contribution in [0.1, 0.15) is 23.7 Å². The first kappa shape index (κ1) is 20.3. The molecule has 0 aliphatic heterocycles. The second-order valence-electron chi connectivity index (χ2n) is 5.68. The molecule has 2 aromatic rings. The number of anilines is 3. The molecule has 4 N–H and O–H groups in total. The van der Waals surface area contributed by atoms with Crippen LogP contribution in [0.2, 0.25) is 5.02 Å². The molecule has 2 amide bonds. The van der Waals surface area contributed by atoms with Gasteiger partial charge in [-0.05, 0) is 43.3 Å². The van der Waals surface area contributed by atoms with E-state index in [1.165, 1.54) is 37.3 Å². The minimum absolute atomic E-state index is 0.0465. The molecule has 0 fully saturated rings. The number of benzene rings is 2. The van der Waals surface area contributed by atoms with E-state index in [4.69, 9.17) is 40.5 Å². The van der Waals surface area contributed by atoms with Crippen LogP contribution in [0, 0.1) is 5.82 Å². The lowest BCUT2D eigenvalue weighted by Gasteiger charge is -2.14. The van der Waals surface area contributed by atoms with Crippen LogP contribution in [0.3, 0.4) is 0 Å². The highest BCUT2D eigenvalue weighted by molar-refractivity contribution is 6.49. The number of nitrogen functional groups attached to an aromatic ring is 1. The van der Waals surface area contributed by atoms with Gasteiger partial charge in [0.25, 0.3) is 5.91 Å². The van der Waals surface area contributed by atoms with Gasteiger partial charge in [-0.1, -0.05) is 11.6 Å². The van der Waals surface area contributed by atoms with Gasteiger partial charge in [0, 0.05) is 11.4 Å². The van der Waals surface area contributed by atoms with Crippen molar-refractivity contribution in [1.82, 2.24) is 0 Å². The number of halogens is 4. The molecule has 0 saturated heterocycles. The van der Waals surface area contributed by atoms with E-state index in [2.05, 4.69) is 10.6 Å². The smallest absolute Gasteiger partial charge is 0.257 e. The Morgan fingerprint density at radius 1 is 1.15 bits per heavy atom. The van der Waals surface area contributed by atoms with E-state index in [9.17, 15) is 14.0 Å². The number of nitrogens with one attached hydrogen (secondary N) is 2. The van der Waals surface area contributed by atoms with Crippen molar-refractivity contribution in [3.05, 3.63) is 52.8 Å². The molecule has 0 saturated carbocycles. The quantitative estimate of drug-likeness (QED) is 0.480. The van der Waals surface area contributed by atoms with Crippen molar-refractivity contribution >= 4 is 63.7 Å². The molecule has 2 aromatic carbocycles. The predicted molar refractivity (Wildman–Crippen MR) is 104 cm³/mol. The number of nitrogens with two attached hydrogens (primary N) is 1. The zero-order valence-corrected chi connectivity index (χ0v) is 15.8. The SMILES string of the molecule is CC(Cl)(Cl)CC(=O)Nc1ccc(Cl)c(C(=O)Nc2ccc(N)cc2F)c1. The summed E-state index contributed by atoms with van der Waals surface area (Å²) in [5.41, 5.74) is 6.03. The number of carbonyl (C=O) groups excluding carboxylic acids is 2. The molecule has 0 atom stereocenters. The lowest BCUT2D eigenvalue weighted by Crippen LogP contribution is -2.21. The number of carbonyl (C=O) groups is 2. The van der Waals surface area contributed by atoms with Crippen LogP contribution < -0.4 is 16.4 Å². The average Bonchev–Trinajstić information content (AvgIpc) is 2.50. The minimum atomic E-state index is -1.22. The molecular weight excluding hydrogens is 404 g/mol. The molecule has 0 aromatic heterocycles. The van der Waals surface area contributed by atoms with Crippen molar-refractivity contribution in [3.63, 3.8) is 0 Å². The van der Waals surface area contributed by atoms with E-state index in [0.717, 1.165) is 6.07 Å². The third kappa shape index (κ3) is 5.76. The summed E-state index contributed by atoms with van der Waals surface area (Å²) >= 11 is 17.6. The van der Waals surface area contributed by atoms with E-state index in [1.807, 2.05) is 0 Å². The largest absolute Gasteiger partial charge is 0.399 e. The van der Waals surface area contributed by atoms with E-state index in [0.29, 0.717) is 5.69 Å². The summed E-state index contributed by atoms with van der Waals surface area (Å²) in [4.78, 5) is 24.3. The Morgan fingerprint density at radius 2 is 1.85 bits per heavy atom. The van der Waals surface area contributed by atoms with Gasteiger partial charge in [0.05, 0.1) is 22.7 Å². The second-order valence-corrected chi connectivity index (χ2v) is 7.95. The van der Waals surface area contributed by atoms with Crippen LogP contribution in [0.4, 0.5) is 21.5 Å². The van der Waals surface area contributed by atoms with Crippen molar-refractivity contribution < 1.29 is 14.0 Å². The molecule has 0 bridgehead atoms. The molecule has 0 aliphatic rings. The van der Waals surface area contributed by atoms with Gasteiger partial charge >= 0.3 is 0 Å². The molecule has 0 spiro atoms. The standard InChI is InChI=1S/C17H15Cl3FN3O2/c1-17(19,20)8-15(25)23-10-3-4-12(18)11(7-10)16(26)24-14-5-2-9(22)6-13(14)21/h2-7H,8,22H2,1H3,(H,23,25)(H,24,26). The summed E-state index contributed by atoms with van der Waals surface area (Å²) in [7, 11) is 0. The maximum absolute atomic E-state index is 13.8. The highest BCUT2D eigenvalue weighted by Crippen LogP contribution is 2.26. The summed E-state index contributed by atoms with van der Waals surface area (Å²) in [6, 6.07) is 8.19. The average molecular weight is 419 g/mol. The Bertz CT molecular complexity index is 854. The summed E-state index contributed by atoms with van der Waals surface area (Å²) in [5.74, 6) is -1.76. The van der Waals surface area contributed by atoms with E-state index < -0.39 is 22.0 Å². The van der Waals surface area contributed by atoms with Crippen molar-refractivity contribution in [2.24, 2.45) is 0 Å². The Morgan fingerprint density at radius 3 is 2.46 bits per heavy atom. The van der Waals surface area contributed by atoms with Crippen LogP contribution in [0.15, 0.2) is 36.4 Å². The predicted octanol–water partition coefficient (Wildman–Crippen LogP) is 4.84. The normalized spacial score (nSPS) is 11.1. The highest BCUT2D eigenvalue weighted by Gasteiger charge is 2.21. The molecule has 5 nitrogen and oxygen atoms in total. The van der Waals surface area contributed by atoms with Gasteiger partial charge in [0.1, 0.15) is 10.2 Å². The van der Waals surface area contributed by atoms with Gasteiger partial charge in [-0.3, -0.25) is 9.59 Å². The van der Waals surface area contributed by atoms with Crippen molar-refractivity contribution in [2.45, 2.75) is 17.7 Å². The van der Waals surface area contributed by atoms with Crippen molar-refractivity contribution in [3.8, 4) is 0 Å². The first-order valence-electron chi connectivity index (χ1n) is 7.39.